The molecule has 1 aliphatic rings. The maximum atomic E-state index is 11.1. The van der Waals surface area contributed by atoms with Crippen LogP contribution in [0.2, 0.25) is 5.02 Å². The molecule has 1 saturated carbocycles. The Balaban J connectivity index is 1.71. The number of hydrogen-bond acceptors (Lipinski definition) is 4. The SMILES string of the molecule is O=c1[nH]cnc(NCCOCC2CC2)c1Cl. The molecule has 1 aliphatic carbocycles. The first-order chi connectivity index (χ1) is 7.77. The van der Waals surface area contributed by atoms with E-state index in [-0.39, 0.29) is 10.6 Å². The molecule has 0 aliphatic heterocycles. The molecule has 0 radical (unpaired) electrons. The Morgan fingerprint density at radius 3 is 3.19 bits per heavy atom. The molecule has 0 amide bonds. The topological polar surface area (TPSA) is 67.0 Å². The predicted octanol–water partition coefficient (Wildman–Crippen LogP) is 1.26. The van der Waals surface area contributed by atoms with Gasteiger partial charge in [0.05, 0.1) is 12.9 Å². The third-order valence-corrected chi connectivity index (χ3v) is 2.74. The fourth-order valence-corrected chi connectivity index (χ4v) is 1.45. The molecule has 1 aromatic rings. The molecule has 0 aromatic carbocycles. The Kier molecular flexibility index (Phi) is 3.79. The molecule has 1 aromatic heterocycles. The largest absolute Gasteiger partial charge is 0.379 e. The smallest absolute Gasteiger partial charge is 0.271 e. The number of H-pyrrole nitrogens is 1. The van der Waals surface area contributed by atoms with Gasteiger partial charge in [0, 0.05) is 13.2 Å². The standard InChI is InChI=1S/C10H14ClN3O2/c11-8-9(13-6-14-10(8)15)12-3-4-16-5-7-1-2-7/h6-7H,1-5H2,(H2,12,13,14,15). The zero-order valence-corrected chi connectivity index (χ0v) is 9.59. The summed E-state index contributed by atoms with van der Waals surface area (Å²) in [6, 6.07) is 0. The van der Waals surface area contributed by atoms with Crippen LogP contribution in [0.25, 0.3) is 0 Å². The van der Waals surface area contributed by atoms with E-state index in [1.165, 1.54) is 19.2 Å². The van der Waals surface area contributed by atoms with Crippen LogP contribution >= 0.6 is 11.6 Å². The highest BCUT2D eigenvalue weighted by Gasteiger charge is 2.20. The number of ether oxygens (including phenoxy) is 1. The summed E-state index contributed by atoms with van der Waals surface area (Å²) >= 11 is 5.76. The first kappa shape index (κ1) is 11.4. The lowest BCUT2D eigenvalue weighted by molar-refractivity contribution is 0.134. The molecule has 1 heterocycles. The van der Waals surface area contributed by atoms with E-state index in [9.17, 15) is 4.79 Å². The molecule has 0 saturated heterocycles. The third kappa shape index (κ3) is 3.21. The maximum absolute atomic E-state index is 11.1. The highest BCUT2D eigenvalue weighted by Crippen LogP contribution is 2.28. The molecule has 0 unspecified atom stereocenters. The summed E-state index contributed by atoms with van der Waals surface area (Å²) in [5, 5.41) is 3.05. The van der Waals surface area contributed by atoms with E-state index in [1.807, 2.05) is 0 Å². The molecule has 16 heavy (non-hydrogen) atoms. The van der Waals surface area contributed by atoms with Crippen LogP contribution in [-0.4, -0.2) is 29.7 Å². The van der Waals surface area contributed by atoms with E-state index in [0.717, 1.165) is 12.5 Å². The van der Waals surface area contributed by atoms with Gasteiger partial charge < -0.3 is 15.0 Å². The Morgan fingerprint density at radius 1 is 1.62 bits per heavy atom. The number of nitrogens with one attached hydrogen (secondary N) is 2. The van der Waals surface area contributed by atoms with Crippen molar-refractivity contribution in [3.63, 3.8) is 0 Å². The number of aromatic nitrogens is 2. The van der Waals surface area contributed by atoms with E-state index >= 15 is 0 Å². The molecule has 88 valence electrons. The van der Waals surface area contributed by atoms with Gasteiger partial charge in [0.1, 0.15) is 5.02 Å². The van der Waals surface area contributed by atoms with Crippen LogP contribution in [0.3, 0.4) is 0 Å². The van der Waals surface area contributed by atoms with Crippen LogP contribution in [0.4, 0.5) is 5.82 Å². The van der Waals surface area contributed by atoms with Crippen LogP contribution in [-0.2, 0) is 4.74 Å². The van der Waals surface area contributed by atoms with Crippen LogP contribution in [0.15, 0.2) is 11.1 Å². The van der Waals surface area contributed by atoms with Crippen molar-refractivity contribution in [3.05, 3.63) is 21.7 Å². The van der Waals surface area contributed by atoms with Crippen molar-refractivity contribution < 1.29 is 4.74 Å². The van der Waals surface area contributed by atoms with Crippen molar-refractivity contribution in [3.8, 4) is 0 Å². The maximum Gasteiger partial charge on any atom is 0.271 e. The molecule has 6 heteroatoms. The zero-order chi connectivity index (χ0) is 11.4. The number of rotatable bonds is 6. The van der Waals surface area contributed by atoms with Gasteiger partial charge in [0.2, 0.25) is 0 Å². The molecule has 1 fully saturated rings. The Labute approximate surface area is 98.2 Å². The fourth-order valence-electron chi connectivity index (χ4n) is 1.28. The van der Waals surface area contributed by atoms with Crippen molar-refractivity contribution in [1.29, 1.82) is 0 Å². The number of aromatic amines is 1. The quantitative estimate of drug-likeness (QED) is 0.739. The summed E-state index contributed by atoms with van der Waals surface area (Å²) in [5.41, 5.74) is -0.335. The lowest BCUT2D eigenvalue weighted by Crippen LogP contribution is -2.15. The van der Waals surface area contributed by atoms with Crippen molar-refractivity contribution in [2.45, 2.75) is 12.8 Å². The molecule has 0 atom stereocenters. The minimum Gasteiger partial charge on any atom is -0.379 e. The Hall–Kier alpha value is -1.07. The zero-order valence-electron chi connectivity index (χ0n) is 8.83. The van der Waals surface area contributed by atoms with Gasteiger partial charge in [0.25, 0.3) is 5.56 Å². The van der Waals surface area contributed by atoms with Gasteiger partial charge in [0.15, 0.2) is 5.82 Å². The summed E-state index contributed by atoms with van der Waals surface area (Å²) in [5.74, 6) is 1.17. The van der Waals surface area contributed by atoms with Gasteiger partial charge in [-0.05, 0) is 18.8 Å². The predicted molar refractivity (Wildman–Crippen MR) is 61.9 cm³/mol. The highest BCUT2D eigenvalue weighted by atomic mass is 35.5. The first-order valence-electron chi connectivity index (χ1n) is 5.32. The summed E-state index contributed by atoms with van der Waals surface area (Å²) in [7, 11) is 0. The van der Waals surface area contributed by atoms with E-state index in [0.29, 0.717) is 19.0 Å². The van der Waals surface area contributed by atoms with Gasteiger partial charge in [-0.25, -0.2) is 4.98 Å². The Bertz CT molecular complexity index is 403. The minimum absolute atomic E-state index is 0.0877. The lowest BCUT2D eigenvalue weighted by atomic mass is 10.5. The second-order valence-corrected chi connectivity index (χ2v) is 4.22. The van der Waals surface area contributed by atoms with Gasteiger partial charge in [-0.1, -0.05) is 11.6 Å². The number of nitrogens with zero attached hydrogens (tertiary/aromatic N) is 1. The monoisotopic (exact) mass is 243 g/mol. The summed E-state index contributed by atoms with van der Waals surface area (Å²) < 4.78 is 5.43. The third-order valence-electron chi connectivity index (χ3n) is 2.39. The van der Waals surface area contributed by atoms with Gasteiger partial charge >= 0.3 is 0 Å². The van der Waals surface area contributed by atoms with E-state index in [1.54, 1.807) is 0 Å². The molecule has 2 rings (SSSR count). The highest BCUT2D eigenvalue weighted by molar-refractivity contribution is 6.32. The number of anilines is 1. The van der Waals surface area contributed by atoms with Gasteiger partial charge in [-0.3, -0.25) is 4.79 Å². The molecule has 5 nitrogen and oxygen atoms in total. The number of hydrogen-bond donors (Lipinski definition) is 2. The van der Waals surface area contributed by atoms with Crippen molar-refractivity contribution >= 4 is 17.4 Å². The average Bonchev–Trinajstić information content (AvgIpc) is 3.07. The summed E-state index contributed by atoms with van der Waals surface area (Å²) in [6.45, 7) is 2.03. The van der Waals surface area contributed by atoms with Crippen molar-refractivity contribution in [1.82, 2.24) is 9.97 Å². The second kappa shape index (κ2) is 5.32. The fraction of sp³-hybridized carbons (Fsp3) is 0.600. The van der Waals surface area contributed by atoms with Gasteiger partial charge in [-0.15, -0.1) is 0 Å². The summed E-state index contributed by atoms with van der Waals surface area (Å²) in [4.78, 5) is 17.5. The van der Waals surface area contributed by atoms with Crippen LogP contribution in [0.1, 0.15) is 12.8 Å². The summed E-state index contributed by atoms with van der Waals surface area (Å²) in [6.07, 6.45) is 3.89. The molecular weight excluding hydrogens is 230 g/mol. The number of halogens is 1. The first-order valence-corrected chi connectivity index (χ1v) is 5.70. The minimum atomic E-state index is -0.335. The molecule has 0 spiro atoms. The lowest BCUT2D eigenvalue weighted by Gasteiger charge is -2.06. The van der Waals surface area contributed by atoms with E-state index < -0.39 is 0 Å². The van der Waals surface area contributed by atoms with Crippen LogP contribution in [0, 0.1) is 5.92 Å². The average molecular weight is 244 g/mol. The van der Waals surface area contributed by atoms with Crippen LogP contribution < -0.4 is 10.9 Å². The van der Waals surface area contributed by atoms with Crippen LogP contribution in [0.5, 0.6) is 0 Å². The van der Waals surface area contributed by atoms with Crippen molar-refractivity contribution in [2.24, 2.45) is 5.92 Å². The second-order valence-electron chi connectivity index (χ2n) is 3.84. The van der Waals surface area contributed by atoms with Gasteiger partial charge in [-0.2, -0.15) is 0 Å². The Morgan fingerprint density at radius 2 is 2.44 bits per heavy atom. The molecule has 0 bridgehead atoms. The van der Waals surface area contributed by atoms with E-state index in [4.69, 9.17) is 16.3 Å². The molecular formula is C10H14ClN3O2. The molecule has 2 N–H and O–H groups in total. The normalized spacial score (nSPS) is 15.1. The van der Waals surface area contributed by atoms with E-state index in [2.05, 4.69) is 15.3 Å². The van der Waals surface area contributed by atoms with Crippen molar-refractivity contribution in [2.75, 3.05) is 25.1 Å².